The van der Waals surface area contributed by atoms with Crippen molar-refractivity contribution in [1.82, 2.24) is 25.0 Å². The number of fused-ring (bicyclic) bond motifs is 1. The van der Waals surface area contributed by atoms with E-state index in [1.54, 1.807) is 16.9 Å². The second kappa shape index (κ2) is 2.86. The van der Waals surface area contributed by atoms with E-state index in [9.17, 15) is 0 Å². The van der Waals surface area contributed by atoms with Crippen molar-refractivity contribution in [2.24, 2.45) is 5.73 Å². The largest absolute Gasteiger partial charge is 0.362 e. The van der Waals surface area contributed by atoms with Crippen molar-refractivity contribution in [2.75, 3.05) is 11.9 Å². The second-order valence-electron chi connectivity index (χ2n) is 3.85. The van der Waals surface area contributed by atoms with Crippen LogP contribution in [0.5, 0.6) is 0 Å². The fourth-order valence-corrected chi connectivity index (χ4v) is 1.56. The topological polar surface area (TPSA) is 94.0 Å². The Bertz CT molecular complexity index is 486. The van der Waals surface area contributed by atoms with Gasteiger partial charge in [0.05, 0.1) is 17.9 Å². The molecule has 7 nitrogen and oxygen atoms in total. The van der Waals surface area contributed by atoms with E-state index in [1.807, 2.05) is 0 Å². The maximum absolute atomic E-state index is 5.69. The zero-order chi connectivity index (χ0) is 10.3. The van der Waals surface area contributed by atoms with Gasteiger partial charge in [-0.25, -0.2) is 0 Å². The Morgan fingerprint density at radius 1 is 1.47 bits per heavy atom. The third kappa shape index (κ3) is 1.32. The fraction of sp³-hybridized carbons (Fsp3) is 0.500. The van der Waals surface area contributed by atoms with Crippen molar-refractivity contribution >= 4 is 11.5 Å². The number of nitrogens with two attached hydrogens (primary N) is 1. The van der Waals surface area contributed by atoms with Crippen LogP contribution in [0, 0.1) is 0 Å². The summed E-state index contributed by atoms with van der Waals surface area (Å²) in [5, 5.41) is 14.6. The summed E-state index contributed by atoms with van der Waals surface area (Å²) in [4.78, 5) is 4.06. The maximum Gasteiger partial charge on any atom is 0.199 e. The Hall–Kier alpha value is -1.76. The highest BCUT2D eigenvalue weighted by molar-refractivity contribution is 5.46. The van der Waals surface area contributed by atoms with E-state index in [4.69, 9.17) is 5.73 Å². The zero-order valence-electron chi connectivity index (χ0n) is 8.09. The average molecular weight is 205 g/mol. The Kier molecular flexibility index (Phi) is 1.63. The van der Waals surface area contributed by atoms with Crippen LogP contribution < -0.4 is 11.1 Å². The van der Waals surface area contributed by atoms with Crippen molar-refractivity contribution in [2.45, 2.75) is 18.4 Å². The molecule has 0 spiro atoms. The molecule has 0 aliphatic heterocycles. The monoisotopic (exact) mass is 205 g/mol. The lowest BCUT2D eigenvalue weighted by Gasteiger charge is -2.15. The fourth-order valence-electron chi connectivity index (χ4n) is 1.56. The molecule has 0 amide bonds. The molecule has 7 heteroatoms. The van der Waals surface area contributed by atoms with Gasteiger partial charge in [0, 0.05) is 6.54 Å². The standard InChI is InChI=1S/C8H11N7/c9-5-8(1-2-8)11-6-3-10-4-7-12-13-14-15(6)7/h3-4,11H,1-2,5,9H2. The summed E-state index contributed by atoms with van der Waals surface area (Å²) < 4.78 is 1.63. The molecule has 3 N–H and O–H groups in total. The van der Waals surface area contributed by atoms with Crippen LogP contribution in [0.3, 0.4) is 0 Å². The van der Waals surface area contributed by atoms with Gasteiger partial charge in [0.1, 0.15) is 0 Å². The molecule has 2 aromatic heterocycles. The van der Waals surface area contributed by atoms with E-state index in [2.05, 4.69) is 25.8 Å². The zero-order valence-corrected chi connectivity index (χ0v) is 8.09. The van der Waals surface area contributed by atoms with Crippen molar-refractivity contribution in [3.05, 3.63) is 12.4 Å². The van der Waals surface area contributed by atoms with Crippen molar-refractivity contribution in [3.63, 3.8) is 0 Å². The summed E-state index contributed by atoms with van der Waals surface area (Å²) in [5.41, 5.74) is 6.35. The number of nitrogens with one attached hydrogen (secondary N) is 1. The van der Waals surface area contributed by atoms with E-state index in [-0.39, 0.29) is 5.54 Å². The van der Waals surface area contributed by atoms with E-state index in [0.717, 1.165) is 18.7 Å². The molecule has 2 heterocycles. The predicted octanol–water partition coefficient (Wildman–Crippen LogP) is -0.578. The number of rotatable bonds is 3. The normalized spacial score (nSPS) is 17.9. The molecule has 0 bridgehead atoms. The van der Waals surface area contributed by atoms with Crippen LogP contribution in [-0.2, 0) is 0 Å². The highest BCUT2D eigenvalue weighted by Gasteiger charge is 2.41. The number of hydrogen-bond donors (Lipinski definition) is 2. The van der Waals surface area contributed by atoms with E-state index >= 15 is 0 Å². The first-order valence-corrected chi connectivity index (χ1v) is 4.83. The summed E-state index contributed by atoms with van der Waals surface area (Å²) in [6.07, 6.45) is 5.50. The summed E-state index contributed by atoms with van der Waals surface area (Å²) in [5.74, 6) is 0.792. The second-order valence-corrected chi connectivity index (χ2v) is 3.85. The molecule has 1 aliphatic carbocycles. The smallest absolute Gasteiger partial charge is 0.199 e. The van der Waals surface area contributed by atoms with Crippen LogP contribution >= 0.6 is 0 Å². The number of nitrogens with zero attached hydrogens (tertiary/aromatic N) is 5. The van der Waals surface area contributed by atoms with Gasteiger partial charge in [0.25, 0.3) is 0 Å². The van der Waals surface area contributed by atoms with Gasteiger partial charge in [-0.2, -0.15) is 4.52 Å². The molecule has 0 unspecified atom stereocenters. The lowest BCUT2D eigenvalue weighted by Crippen LogP contribution is -2.31. The third-order valence-corrected chi connectivity index (χ3v) is 2.75. The number of aromatic nitrogens is 5. The maximum atomic E-state index is 5.69. The summed E-state index contributed by atoms with van der Waals surface area (Å²) in [7, 11) is 0. The highest BCUT2D eigenvalue weighted by atomic mass is 15.5. The number of tetrazole rings is 1. The van der Waals surface area contributed by atoms with Crippen LogP contribution in [-0.4, -0.2) is 37.1 Å². The molecular formula is C8H11N7. The Balaban J connectivity index is 2.00. The molecular weight excluding hydrogens is 194 g/mol. The minimum Gasteiger partial charge on any atom is -0.362 e. The highest BCUT2D eigenvalue weighted by Crippen LogP contribution is 2.37. The number of anilines is 1. The molecule has 1 fully saturated rings. The molecule has 0 aromatic carbocycles. The lowest BCUT2D eigenvalue weighted by molar-refractivity contribution is 0.720. The lowest BCUT2D eigenvalue weighted by atomic mass is 10.3. The van der Waals surface area contributed by atoms with Gasteiger partial charge in [0.15, 0.2) is 11.5 Å². The molecule has 3 rings (SSSR count). The number of hydrogen-bond acceptors (Lipinski definition) is 6. The molecule has 0 atom stereocenters. The predicted molar refractivity (Wildman–Crippen MR) is 53.2 cm³/mol. The van der Waals surface area contributed by atoms with Crippen LogP contribution in [0.1, 0.15) is 12.8 Å². The van der Waals surface area contributed by atoms with Gasteiger partial charge >= 0.3 is 0 Å². The molecule has 1 aliphatic rings. The van der Waals surface area contributed by atoms with Crippen molar-refractivity contribution in [1.29, 1.82) is 0 Å². The van der Waals surface area contributed by atoms with Crippen molar-refractivity contribution < 1.29 is 0 Å². The first kappa shape index (κ1) is 8.54. The van der Waals surface area contributed by atoms with E-state index < -0.39 is 0 Å². The molecule has 2 aromatic rings. The summed E-state index contributed by atoms with van der Waals surface area (Å²) in [6, 6.07) is 0. The van der Waals surface area contributed by atoms with Crippen LogP contribution in [0.25, 0.3) is 5.65 Å². The Labute approximate surface area is 85.7 Å². The molecule has 15 heavy (non-hydrogen) atoms. The molecule has 78 valence electrons. The van der Waals surface area contributed by atoms with Crippen LogP contribution in [0.2, 0.25) is 0 Å². The summed E-state index contributed by atoms with van der Waals surface area (Å²) >= 11 is 0. The van der Waals surface area contributed by atoms with E-state index in [0.29, 0.717) is 12.2 Å². The molecule has 0 saturated heterocycles. The third-order valence-electron chi connectivity index (χ3n) is 2.75. The minimum atomic E-state index is 0.0297. The van der Waals surface area contributed by atoms with Gasteiger partial charge < -0.3 is 11.1 Å². The quantitative estimate of drug-likeness (QED) is 0.696. The van der Waals surface area contributed by atoms with Crippen LogP contribution in [0.15, 0.2) is 12.4 Å². The van der Waals surface area contributed by atoms with Gasteiger partial charge in [0.2, 0.25) is 0 Å². The van der Waals surface area contributed by atoms with Gasteiger partial charge in [-0.1, -0.05) is 0 Å². The SMILES string of the molecule is NCC1(Nc2cncc3nnnn23)CC1. The molecule has 1 saturated carbocycles. The average Bonchev–Trinajstić information content (AvgIpc) is 2.87. The van der Waals surface area contributed by atoms with E-state index in [1.165, 1.54) is 0 Å². The summed E-state index contributed by atoms with van der Waals surface area (Å²) in [6.45, 7) is 0.617. The molecule has 0 radical (unpaired) electrons. The van der Waals surface area contributed by atoms with Crippen LogP contribution in [0.4, 0.5) is 5.82 Å². The van der Waals surface area contributed by atoms with Gasteiger partial charge in [-0.05, 0) is 23.3 Å². The first-order chi connectivity index (χ1) is 7.33. The minimum absolute atomic E-state index is 0.0297. The Morgan fingerprint density at radius 3 is 3.07 bits per heavy atom. The Morgan fingerprint density at radius 2 is 2.33 bits per heavy atom. The van der Waals surface area contributed by atoms with Gasteiger partial charge in [-0.3, -0.25) is 4.98 Å². The first-order valence-electron chi connectivity index (χ1n) is 4.83. The van der Waals surface area contributed by atoms with Crippen molar-refractivity contribution in [3.8, 4) is 0 Å². The van der Waals surface area contributed by atoms with Gasteiger partial charge in [-0.15, -0.1) is 5.10 Å².